The molecule has 0 amide bonds. The molecule has 2 fully saturated rings. The third kappa shape index (κ3) is 1.42. The first kappa shape index (κ1) is 8.90. The van der Waals surface area contributed by atoms with Gasteiger partial charge in [-0.2, -0.15) is 0 Å². The van der Waals surface area contributed by atoms with E-state index < -0.39 is 5.97 Å². The van der Waals surface area contributed by atoms with Crippen molar-refractivity contribution in [2.75, 3.05) is 26.2 Å². The van der Waals surface area contributed by atoms with Crippen LogP contribution in [0.25, 0.3) is 0 Å². The van der Waals surface area contributed by atoms with Gasteiger partial charge in [-0.1, -0.05) is 0 Å². The van der Waals surface area contributed by atoms with E-state index >= 15 is 0 Å². The van der Waals surface area contributed by atoms with Crippen molar-refractivity contribution in [2.45, 2.75) is 18.4 Å². The smallest absolute Gasteiger partial charge is 0.317 e. The van der Waals surface area contributed by atoms with Gasteiger partial charge in [0.05, 0.1) is 12.1 Å². The number of carboxylic acid groups (broad SMARTS) is 1. The Morgan fingerprint density at radius 2 is 2.23 bits per heavy atom. The summed E-state index contributed by atoms with van der Waals surface area (Å²) in [5.41, 5.74) is -0.160. The molecule has 0 atom stereocenters. The molecule has 2 saturated heterocycles. The van der Waals surface area contributed by atoms with E-state index in [1.807, 2.05) is 4.90 Å². The van der Waals surface area contributed by atoms with Crippen LogP contribution in [0, 0.1) is 0 Å². The summed E-state index contributed by atoms with van der Waals surface area (Å²) in [5, 5.41) is 9.39. The fourth-order valence-corrected chi connectivity index (χ4v) is 2.35. The summed E-state index contributed by atoms with van der Waals surface area (Å²) in [5.74, 6) is -0.821. The van der Waals surface area contributed by atoms with Crippen LogP contribution < -0.4 is 0 Å². The molecule has 2 aliphatic rings. The van der Waals surface area contributed by atoms with Crippen molar-refractivity contribution in [3.8, 4) is 0 Å². The molecule has 1 spiro atoms. The molecule has 2 aliphatic heterocycles. The van der Waals surface area contributed by atoms with Gasteiger partial charge in [-0.05, 0) is 19.4 Å². The maximum atomic E-state index is 12.6. The van der Waals surface area contributed by atoms with Crippen LogP contribution in [0.3, 0.4) is 0 Å². The zero-order chi connectivity index (χ0) is 9.47. The van der Waals surface area contributed by atoms with Crippen LogP contribution in [-0.4, -0.2) is 52.8 Å². The zero-order valence-corrected chi connectivity index (χ0v) is 7.37. The van der Waals surface area contributed by atoms with Crippen molar-refractivity contribution < 1.29 is 14.4 Å². The molecule has 0 aromatic rings. The normalized spacial score (nSPS) is 27.8. The standard InChI is InChI=1S/C8H13FN2O2/c9-11-5-8(6-11)2-1-3-10(8)4-7(12)13/h1-6H2,(H,12,13). The molecule has 5 heteroatoms. The first-order valence-corrected chi connectivity index (χ1v) is 4.50. The monoisotopic (exact) mass is 188 g/mol. The summed E-state index contributed by atoms with van der Waals surface area (Å²) >= 11 is 0. The fourth-order valence-electron chi connectivity index (χ4n) is 2.35. The average molecular weight is 188 g/mol. The van der Waals surface area contributed by atoms with Crippen LogP contribution >= 0.6 is 0 Å². The highest BCUT2D eigenvalue weighted by Gasteiger charge is 2.51. The highest BCUT2D eigenvalue weighted by Crippen LogP contribution is 2.37. The van der Waals surface area contributed by atoms with E-state index in [1.165, 1.54) is 0 Å². The minimum absolute atomic E-state index is 0.0494. The molecular formula is C8H13FN2O2. The number of hydrogen-bond donors (Lipinski definition) is 1. The molecule has 0 aliphatic carbocycles. The molecule has 74 valence electrons. The topological polar surface area (TPSA) is 43.8 Å². The Bertz CT molecular complexity index is 228. The highest BCUT2D eigenvalue weighted by molar-refractivity contribution is 5.69. The van der Waals surface area contributed by atoms with Gasteiger partial charge < -0.3 is 5.11 Å². The van der Waals surface area contributed by atoms with Gasteiger partial charge in [0.25, 0.3) is 0 Å². The minimum atomic E-state index is -0.821. The molecule has 0 aromatic heterocycles. The highest BCUT2D eigenvalue weighted by atomic mass is 19.2. The molecule has 0 bridgehead atoms. The van der Waals surface area contributed by atoms with Crippen LogP contribution in [0.2, 0.25) is 0 Å². The van der Waals surface area contributed by atoms with Crippen LogP contribution in [0.15, 0.2) is 0 Å². The summed E-state index contributed by atoms with van der Waals surface area (Å²) in [6, 6.07) is 0. The Morgan fingerprint density at radius 1 is 1.54 bits per heavy atom. The molecule has 0 saturated carbocycles. The summed E-state index contributed by atoms with van der Waals surface area (Å²) in [7, 11) is 0. The van der Waals surface area contributed by atoms with E-state index in [-0.39, 0.29) is 12.1 Å². The Kier molecular flexibility index (Phi) is 2.00. The maximum absolute atomic E-state index is 12.6. The second kappa shape index (κ2) is 2.92. The number of carbonyl (C=O) groups is 1. The van der Waals surface area contributed by atoms with Crippen molar-refractivity contribution in [3.63, 3.8) is 0 Å². The van der Waals surface area contributed by atoms with Gasteiger partial charge in [0.15, 0.2) is 0 Å². The number of halogens is 1. The largest absolute Gasteiger partial charge is 0.480 e. The lowest BCUT2D eigenvalue weighted by molar-refractivity contribution is -0.155. The van der Waals surface area contributed by atoms with Gasteiger partial charge in [0.1, 0.15) is 0 Å². The average Bonchev–Trinajstić information content (AvgIpc) is 2.31. The van der Waals surface area contributed by atoms with Crippen molar-refractivity contribution in [1.82, 2.24) is 10.0 Å². The third-order valence-corrected chi connectivity index (χ3v) is 3.00. The van der Waals surface area contributed by atoms with Gasteiger partial charge in [-0.25, -0.2) is 0 Å². The number of hydrogen-bond acceptors (Lipinski definition) is 3. The van der Waals surface area contributed by atoms with E-state index in [0.717, 1.165) is 24.5 Å². The lowest BCUT2D eigenvalue weighted by Crippen LogP contribution is -2.65. The molecule has 0 aromatic carbocycles. The zero-order valence-electron chi connectivity index (χ0n) is 7.37. The SMILES string of the molecule is O=C(O)CN1CCCC12CN(F)C2. The Morgan fingerprint density at radius 3 is 2.77 bits per heavy atom. The molecule has 0 radical (unpaired) electrons. The van der Waals surface area contributed by atoms with Crippen LogP contribution in [-0.2, 0) is 4.79 Å². The fraction of sp³-hybridized carbons (Fsp3) is 0.875. The van der Waals surface area contributed by atoms with Crippen LogP contribution in [0.1, 0.15) is 12.8 Å². The van der Waals surface area contributed by atoms with Gasteiger partial charge in [0, 0.05) is 13.1 Å². The lowest BCUT2D eigenvalue weighted by atomic mass is 9.89. The predicted octanol–water partition coefficient (Wildman–Crippen LogP) is 0.106. The van der Waals surface area contributed by atoms with Gasteiger partial charge in [-0.3, -0.25) is 9.69 Å². The number of aliphatic carboxylic acids is 1. The Hall–Kier alpha value is -0.680. The third-order valence-electron chi connectivity index (χ3n) is 3.00. The van der Waals surface area contributed by atoms with E-state index in [0.29, 0.717) is 13.1 Å². The molecule has 13 heavy (non-hydrogen) atoms. The van der Waals surface area contributed by atoms with Crippen LogP contribution in [0.5, 0.6) is 0 Å². The number of nitrogens with zero attached hydrogens (tertiary/aromatic N) is 2. The second-order valence-electron chi connectivity index (χ2n) is 3.92. The number of rotatable bonds is 2. The van der Waals surface area contributed by atoms with Crippen molar-refractivity contribution >= 4 is 5.97 Å². The number of carboxylic acids is 1. The summed E-state index contributed by atoms with van der Waals surface area (Å²) in [6.07, 6.45) is 1.92. The second-order valence-corrected chi connectivity index (χ2v) is 3.92. The van der Waals surface area contributed by atoms with Gasteiger partial charge in [-0.15, -0.1) is 9.60 Å². The molecule has 0 unspecified atom stereocenters. The van der Waals surface area contributed by atoms with E-state index in [4.69, 9.17) is 5.11 Å². The maximum Gasteiger partial charge on any atom is 0.317 e. The van der Waals surface area contributed by atoms with Crippen molar-refractivity contribution in [2.24, 2.45) is 0 Å². The van der Waals surface area contributed by atoms with E-state index in [9.17, 15) is 9.28 Å². The minimum Gasteiger partial charge on any atom is -0.480 e. The van der Waals surface area contributed by atoms with Crippen molar-refractivity contribution in [3.05, 3.63) is 0 Å². The first-order valence-electron chi connectivity index (χ1n) is 4.50. The summed E-state index contributed by atoms with van der Waals surface area (Å²) < 4.78 is 12.6. The summed E-state index contributed by atoms with van der Waals surface area (Å²) in [4.78, 5) is 12.4. The Balaban J connectivity index is 1.99. The van der Waals surface area contributed by atoms with Gasteiger partial charge in [0.2, 0.25) is 0 Å². The van der Waals surface area contributed by atoms with E-state index in [2.05, 4.69) is 0 Å². The number of likely N-dealkylation sites (tertiary alicyclic amines) is 1. The molecular weight excluding hydrogens is 175 g/mol. The Labute approximate surface area is 75.9 Å². The summed E-state index contributed by atoms with van der Waals surface area (Å²) in [6.45, 7) is 1.59. The van der Waals surface area contributed by atoms with Crippen LogP contribution in [0.4, 0.5) is 4.48 Å². The molecule has 1 N–H and O–H groups in total. The van der Waals surface area contributed by atoms with Gasteiger partial charge >= 0.3 is 5.97 Å². The molecule has 4 nitrogen and oxygen atoms in total. The first-order chi connectivity index (χ1) is 6.12. The van der Waals surface area contributed by atoms with Crippen molar-refractivity contribution in [1.29, 1.82) is 0 Å². The molecule has 2 rings (SSSR count). The molecule has 2 heterocycles. The quantitative estimate of drug-likeness (QED) is 0.624. The lowest BCUT2D eigenvalue weighted by Gasteiger charge is -2.48. The van der Waals surface area contributed by atoms with E-state index in [1.54, 1.807) is 0 Å². The predicted molar refractivity (Wildman–Crippen MR) is 43.9 cm³/mol.